The molecule has 1 fully saturated rings. The van der Waals surface area contributed by atoms with Gasteiger partial charge in [-0.15, -0.1) is 0 Å². The molecule has 4 nitrogen and oxygen atoms in total. The molecule has 174 valence electrons. The van der Waals surface area contributed by atoms with E-state index in [9.17, 15) is 13.6 Å². The number of amidine groups is 1. The Balaban J connectivity index is 1.32. The summed E-state index contributed by atoms with van der Waals surface area (Å²) in [6.45, 7) is 5.28. The van der Waals surface area contributed by atoms with Crippen LogP contribution in [0.5, 0.6) is 0 Å². The molecule has 0 saturated carbocycles. The molecule has 3 aromatic rings. The lowest BCUT2D eigenvalue weighted by Gasteiger charge is -2.41. The van der Waals surface area contributed by atoms with Crippen molar-refractivity contribution in [1.82, 2.24) is 9.80 Å². The van der Waals surface area contributed by atoms with Crippen molar-refractivity contribution in [1.29, 1.82) is 0 Å². The third-order valence-electron chi connectivity index (χ3n) is 6.83. The molecule has 6 heteroatoms. The van der Waals surface area contributed by atoms with Crippen LogP contribution in [0.3, 0.4) is 0 Å². The molecule has 1 amide bonds. The molecule has 2 aliphatic heterocycles. The highest BCUT2D eigenvalue weighted by Crippen LogP contribution is 2.41. The van der Waals surface area contributed by atoms with Crippen molar-refractivity contribution in [2.75, 3.05) is 26.2 Å². The molecule has 0 radical (unpaired) electrons. The van der Waals surface area contributed by atoms with Crippen LogP contribution in [0, 0.1) is 17.6 Å². The van der Waals surface area contributed by atoms with Gasteiger partial charge in [0.15, 0.2) is 5.54 Å². The molecule has 2 heterocycles. The van der Waals surface area contributed by atoms with E-state index in [4.69, 9.17) is 4.99 Å². The highest BCUT2D eigenvalue weighted by molar-refractivity contribution is 6.09. The molecule has 0 N–H and O–H groups in total. The largest absolute Gasteiger partial charge is 0.302 e. The summed E-state index contributed by atoms with van der Waals surface area (Å²) in [5, 5.41) is 0. The topological polar surface area (TPSA) is 35.9 Å². The SMILES string of the molecule is CC1=NC(c2ccc(F)cc2)(c2ccc(F)cc2)C(=O)N1CC1CN(CCc2ccccc2)C1. The minimum absolute atomic E-state index is 0.175. The predicted molar refractivity (Wildman–Crippen MR) is 128 cm³/mol. The van der Waals surface area contributed by atoms with E-state index in [1.807, 2.05) is 13.0 Å². The Morgan fingerprint density at radius 1 is 0.882 bits per heavy atom. The molecular formula is C28H27F2N3O. The Morgan fingerprint density at radius 3 is 2.00 bits per heavy atom. The van der Waals surface area contributed by atoms with Crippen molar-refractivity contribution in [2.45, 2.75) is 18.9 Å². The van der Waals surface area contributed by atoms with Crippen LogP contribution in [0.1, 0.15) is 23.6 Å². The van der Waals surface area contributed by atoms with Gasteiger partial charge in [0, 0.05) is 32.1 Å². The second-order valence-corrected chi connectivity index (χ2v) is 9.16. The van der Waals surface area contributed by atoms with Gasteiger partial charge in [-0.25, -0.2) is 13.8 Å². The Morgan fingerprint density at radius 2 is 1.44 bits per heavy atom. The average molecular weight is 460 g/mol. The van der Waals surface area contributed by atoms with E-state index in [0.717, 1.165) is 26.1 Å². The van der Waals surface area contributed by atoms with Crippen molar-refractivity contribution in [3.05, 3.63) is 107 Å². The monoisotopic (exact) mass is 459 g/mol. The first-order chi connectivity index (χ1) is 16.5. The number of aliphatic imine (C=N–C) groups is 1. The van der Waals surface area contributed by atoms with Gasteiger partial charge < -0.3 is 4.90 Å². The average Bonchev–Trinajstić information content (AvgIpc) is 3.07. The van der Waals surface area contributed by atoms with Gasteiger partial charge in [0.05, 0.1) is 0 Å². The van der Waals surface area contributed by atoms with Crippen molar-refractivity contribution in [3.8, 4) is 0 Å². The third kappa shape index (κ3) is 4.14. The van der Waals surface area contributed by atoms with Gasteiger partial charge in [-0.05, 0) is 54.3 Å². The van der Waals surface area contributed by atoms with Crippen molar-refractivity contribution in [2.24, 2.45) is 10.9 Å². The smallest absolute Gasteiger partial charge is 0.265 e. The maximum atomic E-state index is 13.9. The molecule has 0 bridgehead atoms. The number of likely N-dealkylation sites (tertiary alicyclic amines) is 1. The summed E-state index contributed by atoms with van der Waals surface area (Å²) in [5.74, 6) is 0.0478. The minimum atomic E-state index is -1.33. The van der Waals surface area contributed by atoms with Gasteiger partial charge in [0.25, 0.3) is 5.91 Å². The van der Waals surface area contributed by atoms with Crippen LogP contribution in [0.4, 0.5) is 8.78 Å². The molecule has 0 aromatic heterocycles. The first kappa shape index (κ1) is 22.4. The van der Waals surface area contributed by atoms with Crippen LogP contribution in [0.2, 0.25) is 0 Å². The normalized spacial score (nSPS) is 18.1. The lowest BCUT2D eigenvalue weighted by Crippen LogP contribution is -2.54. The Hall–Kier alpha value is -3.38. The predicted octanol–water partition coefficient (Wildman–Crippen LogP) is 4.64. The fourth-order valence-electron chi connectivity index (χ4n) is 5.00. The highest BCUT2D eigenvalue weighted by atomic mass is 19.1. The van der Waals surface area contributed by atoms with Gasteiger partial charge in [-0.1, -0.05) is 54.6 Å². The van der Waals surface area contributed by atoms with Crippen molar-refractivity contribution < 1.29 is 13.6 Å². The van der Waals surface area contributed by atoms with E-state index in [-0.39, 0.29) is 17.5 Å². The van der Waals surface area contributed by atoms with Crippen molar-refractivity contribution in [3.63, 3.8) is 0 Å². The Kier molecular flexibility index (Phi) is 6.00. The van der Waals surface area contributed by atoms with Crippen LogP contribution >= 0.6 is 0 Å². The molecule has 34 heavy (non-hydrogen) atoms. The first-order valence-electron chi connectivity index (χ1n) is 11.6. The summed E-state index contributed by atoms with van der Waals surface area (Å²) in [6, 6.07) is 22.1. The number of nitrogens with zero attached hydrogens (tertiary/aromatic N) is 3. The molecule has 1 saturated heterocycles. The van der Waals surface area contributed by atoms with E-state index in [1.165, 1.54) is 29.8 Å². The summed E-state index contributed by atoms with van der Waals surface area (Å²) in [7, 11) is 0. The maximum absolute atomic E-state index is 13.9. The van der Waals surface area contributed by atoms with Gasteiger partial charge in [0.1, 0.15) is 17.5 Å². The van der Waals surface area contributed by atoms with E-state index < -0.39 is 5.54 Å². The summed E-state index contributed by atoms with van der Waals surface area (Å²) in [4.78, 5) is 22.9. The number of carbonyl (C=O) groups excluding carboxylic acids is 1. The zero-order valence-electron chi connectivity index (χ0n) is 19.1. The molecule has 0 unspecified atom stereocenters. The van der Waals surface area contributed by atoms with E-state index in [1.54, 1.807) is 29.2 Å². The molecule has 0 aliphatic carbocycles. The number of rotatable bonds is 7. The Bertz CT molecular complexity index is 1140. The number of carbonyl (C=O) groups is 1. The second-order valence-electron chi connectivity index (χ2n) is 9.16. The lowest BCUT2D eigenvalue weighted by atomic mass is 9.82. The minimum Gasteiger partial charge on any atom is -0.302 e. The summed E-state index contributed by atoms with van der Waals surface area (Å²) >= 11 is 0. The number of benzene rings is 3. The number of halogens is 2. The number of hydrogen-bond donors (Lipinski definition) is 0. The summed E-state index contributed by atoms with van der Waals surface area (Å²) in [5.41, 5.74) is 1.14. The zero-order valence-corrected chi connectivity index (χ0v) is 19.1. The van der Waals surface area contributed by atoms with Crippen LogP contribution < -0.4 is 0 Å². The molecule has 2 aliphatic rings. The Labute approximate surface area is 198 Å². The lowest BCUT2D eigenvalue weighted by molar-refractivity contribution is -0.131. The summed E-state index contributed by atoms with van der Waals surface area (Å²) in [6.07, 6.45) is 1.01. The highest BCUT2D eigenvalue weighted by Gasteiger charge is 2.50. The zero-order chi connectivity index (χ0) is 23.7. The van der Waals surface area contributed by atoms with Crippen LogP contribution in [0.25, 0.3) is 0 Å². The molecule has 0 atom stereocenters. The van der Waals surface area contributed by atoms with E-state index in [0.29, 0.717) is 29.4 Å². The fourth-order valence-corrected chi connectivity index (χ4v) is 5.00. The third-order valence-corrected chi connectivity index (χ3v) is 6.83. The maximum Gasteiger partial charge on any atom is 0.265 e. The van der Waals surface area contributed by atoms with Crippen LogP contribution in [0.15, 0.2) is 83.9 Å². The van der Waals surface area contributed by atoms with E-state index >= 15 is 0 Å². The molecule has 5 rings (SSSR count). The van der Waals surface area contributed by atoms with Crippen molar-refractivity contribution >= 4 is 11.7 Å². The van der Waals surface area contributed by atoms with E-state index in [2.05, 4.69) is 29.2 Å². The quantitative estimate of drug-likeness (QED) is 0.516. The second kappa shape index (κ2) is 9.11. The number of hydrogen-bond acceptors (Lipinski definition) is 3. The molecule has 3 aromatic carbocycles. The molecule has 0 spiro atoms. The van der Waals surface area contributed by atoms with Gasteiger partial charge >= 0.3 is 0 Å². The molecular weight excluding hydrogens is 432 g/mol. The van der Waals surface area contributed by atoms with Crippen LogP contribution in [-0.4, -0.2) is 47.7 Å². The van der Waals surface area contributed by atoms with Gasteiger partial charge in [0.2, 0.25) is 0 Å². The first-order valence-corrected chi connectivity index (χ1v) is 11.6. The standard InChI is InChI=1S/C28H27F2N3O/c1-20-31-28(23-7-11-25(29)12-8-23,24-9-13-26(30)14-10-24)27(34)33(20)19-22-17-32(18-22)16-15-21-5-3-2-4-6-21/h2-14,22H,15-19H2,1H3. The van der Waals surface area contributed by atoms with Gasteiger partial charge in [-0.3, -0.25) is 9.69 Å². The fraction of sp³-hybridized carbons (Fsp3) is 0.286. The van der Waals surface area contributed by atoms with Gasteiger partial charge in [-0.2, -0.15) is 0 Å². The van der Waals surface area contributed by atoms with Crippen LogP contribution in [-0.2, 0) is 16.8 Å². The number of amides is 1. The summed E-state index contributed by atoms with van der Waals surface area (Å²) < 4.78 is 27.3.